The third-order valence-electron chi connectivity index (χ3n) is 4.53. The van der Waals surface area contributed by atoms with Crippen LogP contribution in [-0.4, -0.2) is 0 Å². The highest BCUT2D eigenvalue weighted by Gasteiger charge is 2.18. The fourth-order valence-electron chi connectivity index (χ4n) is 3.67. The number of benzene rings is 1. The zero-order valence-corrected chi connectivity index (χ0v) is 15.7. The van der Waals surface area contributed by atoms with Crippen LogP contribution >= 0.6 is 0 Å². The van der Waals surface area contributed by atoms with E-state index in [1.165, 1.54) is 64.2 Å². The van der Waals surface area contributed by atoms with Crippen molar-refractivity contribution in [3.8, 4) is 0 Å². The Balaban J connectivity index is 3.32. The minimum absolute atomic E-state index is 1.24. The van der Waals surface area contributed by atoms with E-state index in [-0.39, 0.29) is 0 Å². The van der Waals surface area contributed by atoms with Gasteiger partial charge in [-0.05, 0) is 54.4 Å². The molecule has 0 heteroatoms. The molecule has 0 saturated carbocycles. The average Bonchev–Trinajstić information content (AvgIpc) is 2.51. The summed E-state index contributed by atoms with van der Waals surface area (Å²) in [7, 11) is 0. The summed E-state index contributed by atoms with van der Waals surface area (Å²) in [5, 5.41) is 0. The Hall–Kier alpha value is -0.780. The Morgan fingerprint density at radius 2 is 1.18 bits per heavy atom. The maximum atomic E-state index is 2.45. The van der Waals surface area contributed by atoms with Crippen LogP contribution < -0.4 is 0 Å². The summed E-state index contributed by atoms with van der Waals surface area (Å²) in [5.74, 6) is 1.70. The van der Waals surface area contributed by atoms with Gasteiger partial charge in [-0.1, -0.05) is 78.9 Å². The van der Waals surface area contributed by atoms with Gasteiger partial charge in [0.2, 0.25) is 0 Å². The lowest BCUT2D eigenvalue weighted by Gasteiger charge is -2.24. The van der Waals surface area contributed by atoms with E-state index < -0.39 is 0 Å². The molecule has 1 aromatic rings. The quantitative estimate of drug-likeness (QED) is 0.410. The Bertz CT molecular complexity index is 410. The molecule has 0 fully saturated rings. The van der Waals surface area contributed by atoms with Gasteiger partial charge in [-0.2, -0.15) is 0 Å². The molecule has 0 aliphatic rings. The number of rotatable bonds is 11. The Labute approximate surface area is 139 Å². The number of hydrogen-bond acceptors (Lipinski definition) is 0. The molecule has 0 saturated heterocycles. The van der Waals surface area contributed by atoms with Gasteiger partial charge in [0.1, 0.15) is 0 Å². The molecule has 125 valence electrons. The fraction of sp³-hybridized carbons (Fsp3) is 0.682. The first-order valence-electron chi connectivity index (χ1n) is 9.71. The van der Waals surface area contributed by atoms with Crippen LogP contribution in [0.1, 0.15) is 102 Å². The van der Waals surface area contributed by atoms with Gasteiger partial charge < -0.3 is 0 Å². The van der Waals surface area contributed by atoms with Gasteiger partial charge >= 0.3 is 0 Å². The highest BCUT2D eigenvalue weighted by atomic mass is 14.2. The molecule has 22 heavy (non-hydrogen) atoms. The molecule has 1 rings (SSSR count). The van der Waals surface area contributed by atoms with Crippen LogP contribution in [0.3, 0.4) is 0 Å². The molecule has 0 amide bonds. The third-order valence-corrected chi connectivity index (χ3v) is 4.53. The normalized spacial score (nSPS) is 11.4. The van der Waals surface area contributed by atoms with Gasteiger partial charge in [-0.25, -0.2) is 0 Å². The lowest BCUT2D eigenvalue weighted by Crippen LogP contribution is -2.10. The lowest BCUT2D eigenvalue weighted by molar-refractivity contribution is 0.709. The highest BCUT2D eigenvalue weighted by Crippen LogP contribution is 2.33. The molecular weight excluding hydrogens is 264 g/mol. The summed E-state index contributed by atoms with van der Waals surface area (Å²) in [5.41, 5.74) is 6.60. The SMILES string of the molecule is CCC[C](CCC)c1ccc(CCC)c(CCC)c1CCC. The standard InChI is InChI=1S/C22H37/c1-6-11-18(12-7-2)21-17-16-19(13-8-3)20(14-9-4)22(21)15-10-5/h16-17H,6-15H2,1-5H3. The van der Waals surface area contributed by atoms with E-state index in [2.05, 4.69) is 46.8 Å². The zero-order valence-electron chi connectivity index (χ0n) is 15.7. The van der Waals surface area contributed by atoms with E-state index >= 15 is 0 Å². The van der Waals surface area contributed by atoms with Crippen molar-refractivity contribution in [2.24, 2.45) is 0 Å². The average molecular weight is 302 g/mol. The monoisotopic (exact) mass is 301 g/mol. The van der Waals surface area contributed by atoms with Crippen molar-refractivity contribution in [1.29, 1.82) is 0 Å². The maximum absolute atomic E-state index is 2.45. The number of aryl methyl sites for hydroxylation is 1. The van der Waals surface area contributed by atoms with Gasteiger partial charge in [0.25, 0.3) is 0 Å². The van der Waals surface area contributed by atoms with Gasteiger partial charge in [-0.3, -0.25) is 0 Å². The van der Waals surface area contributed by atoms with Crippen LogP contribution in [0.15, 0.2) is 12.1 Å². The van der Waals surface area contributed by atoms with E-state index in [4.69, 9.17) is 0 Å². The van der Waals surface area contributed by atoms with Crippen LogP contribution in [0.25, 0.3) is 0 Å². The lowest BCUT2D eigenvalue weighted by atomic mass is 9.81. The highest BCUT2D eigenvalue weighted by molar-refractivity contribution is 5.48. The van der Waals surface area contributed by atoms with Crippen molar-refractivity contribution in [2.45, 2.75) is 98.8 Å². The molecule has 1 radical (unpaired) electrons. The molecule has 0 aliphatic heterocycles. The molecule has 0 bridgehead atoms. The van der Waals surface area contributed by atoms with Gasteiger partial charge in [0, 0.05) is 5.92 Å². The van der Waals surface area contributed by atoms with Gasteiger partial charge in [0.05, 0.1) is 0 Å². The Kier molecular flexibility index (Phi) is 9.52. The first kappa shape index (κ1) is 19.3. The molecule has 0 unspecified atom stereocenters. The molecule has 0 N–H and O–H groups in total. The summed E-state index contributed by atoms with van der Waals surface area (Å²) in [6, 6.07) is 4.89. The van der Waals surface area contributed by atoms with E-state index in [1.807, 2.05) is 0 Å². The Morgan fingerprint density at radius 3 is 1.68 bits per heavy atom. The first-order chi connectivity index (χ1) is 10.7. The Morgan fingerprint density at radius 1 is 0.636 bits per heavy atom. The third kappa shape index (κ3) is 5.14. The van der Waals surface area contributed by atoms with Crippen molar-refractivity contribution >= 4 is 0 Å². The predicted molar refractivity (Wildman–Crippen MR) is 101 cm³/mol. The van der Waals surface area contributed by atoms with Crippen LogP contribution in [0.4, 0.5) is 0 Å². The minimum Gasteiger partial charge on any atom is -0.0654 e. The molecule has 1 aromatic carbocycles. The van der Waals surface area contributed by atoms with Crippen molar-refractivity contribution in [1.82, 2.24) is 0 Å². The van der Waals surface area contributed by atoms with E-state index in [9.17, 15) is 0 Å². The molecule has 0 atom stereocenters. The first-order valence-corrected chi connectivity index (χ1v) is 9.71. The van der Waals surface area contributed by atoms with Crippen LogP contribution in [0, 0.1) is 5.92 Å². The largest absolute Gasteiger partial charge is 0.0654 e. The van der Waals surface area contributed by atoms with Crippen molar-refractivity contribution in [2.75, 3.05) is 0 Å². The second-order valence-corrected chi connectivity index (χ2v) is 6.58. The van der Waals surface area contributed by atoms with E-state index in [0.29, 0.717) is 0 Å². The summed E-state index contributed by atoms with van der Waals surface area (Å²) >= 11 is 0. The predicted octanol–water partition coefficient (Wildman–Crippen LogP) is 7.07. The maximum Gasteiger partial charge on any atom is 0.00525 e. The second kappa shape index (κ2) is 10.9. The molecule has 0 spiro atoms. The fourth-order valence-corrected chi connectivity index (χ4v) is 3.67. The molecule has 0 aliphatic carbocycles. The van der Waals surface area contributed by atoms with Gasteiger partial charge in [-0.15, -0.1) is 0 Å². The molecule has 0 nitrogen and oxygen atoms in total. The zero-order chi connectivity index (χ0) is 16.4. The topological polar surface area (TPSA) is 0 Å². The van der Waals surface area contributed by atoms with Crippen LogP contribution in [-0.2, 0) is 19.3 Å². The molecule has 0 aromatic heterocycles. The summed E-state index contributed by atoms with van der Waals surface area (Å²) in [6.45, 7) is 11.6. The van der Waals surface area contributed by atoms with E-state index in [1.54, 1.807) is 28.2 Å². The van der Waals surface area contributed by atoms with Gasteiger partial charge in [0.15, 0.2) is 0 Å². The van der Waals surface area contributed by atoms with Crippen LogP contribution in [0.2, 0.25) is 0 Å². The minimum atomic E-state index is 1.24. The van der Waals surface area contributed by atoms with Crippen LogP contribution in [0.5, 0.6) is 0 Å². The van der Waals surface area contributed by atoms with Crippen molar-refractivity contribution < 1.29 is 0 Å². The summed E-state index contributed by atoms with van der Waals surface area (Å²) in [4.78, 5) is 0. The second-order valence-electron chi connectivity index (χ2n) is 6.58. The van der Waals surface area contributed by atoms with E-state index in [0.717, 1.165) is 0 Å². The summed E-state index contributed by atoms with van der Waals surface area (Å²) < 4.78 is 0. The van der Waals surface area contributed by atoms with Crippen molar-refractivity contribution in [3.63, 3.8) is 0 Å². The molecule has 0 heterocycles. The number of hydrogen-bond donors (Lipinski definition) is 0. The van der Waals surface area contributed by atoms with Crippen molar-refractivity contribution in [3.05, 3.63) is 40.3 Å². The summed E-state index contributed by atoms with van der Waals surface area (Å²) in [6.07, 6.45) is 12.6. The smallest absolute Gasteiger partial charge is 0.00525 e. The molecular formula is C22H37.